The van der Waals surface area contributed by atoms with Crippen molar-refractivity contribution in [1.82, 2.24) is 14.5 Å². The van der Waals surface area contributed by atoms with Gasteiger partial charge >= 0.3 is 11.9 Å². The van der Waals surface area contributed by atoms with E-state index in [2.05, 4.69) is 9.97 Å². The molecule has 0 fully saturated rings. The van der Waals surface area contributed by atoms with E-state index in [4.69, 9.17) is 5.73 Å². The second kappa shape index (κ2) is 9.94. The zero-order chi connectivity index (χ0) is 24.2. The molecule has 0 aliphatic heterocycles. The molecule has 33 heavy (non-hydrogen) atoms. The first kappa shape index (κ1) is 24.1. The maximum absolute atomic E-state index is 12.8. The minimum atomic E-state index is -4.51. The van der Waals surface area contributed by atoms with Gasteiger partial charge in [0, 0.05) is 12.7 Å². The Morgan fingerprint density at radius 1 is 1.18 bits per heavy atom. The van der Waals surface area contributed by atoms with Gasteiger partial charge in [-0.2, -0.15) is 13.2 Å². The fourth-order valence-electron chi connectivity index (χ4n) is 3.07. The fraction of sp³-hybridized carbons (Fsp3) is 0.238. The van der Waals surface area contributed by atoms with Crippen molar-refractivity contribution in [3.8, 4) is 0 Å². The number of pyridine rings is 1. The molecule has 0 saturated heterocycles. The molecule has 0 radical (unpaired) electrons. The van der Waals surface area contributed by atoms with Gasteiger partial charge in [0.15, 0.2) is 5.69 Å². The lowest BCUT2D eigenvalue weighted by Gasteiger charge is -2.23. The molecule has 3 rings (SSSR count). The predicted octanol–water partition coefficient (Wildman–Crippen LogP) is 2.73. The Morgan fingerprint density at radius 2 is 1.88 bits per heavy atom. The molecule has 0 bridgehead atoms. The maximum atomic E-state index is 12.8. The van der Waals surface area contributed by atoms with Crippen LogP contribution in [0.15, 0.2) is 63.3 Å². The van der Waals surface area contributed by atoms with Crippen LogP contribution >= 0.6 is 11.8 Å². The number of thioether (sulfide) groups is 1. The number of halogens is 3. The van der Waals surface area contributed by atoms with Crippen LogP contribution in [0.3, 0.4) is 0 Å². The molecule has 8 nitrogen and oxygen atoms in total. The summed E-state index contributed by atoms with van der Waals surface area (Å²) in [5.41, 5.74) is 4.32. The summed E-state index contributed by atoms with van der Waals surface area (Å²) in [6.07, 6.45) is -3.82. The Balaban J connectivity index is 1.83. The smallest absolute Gasteiger partial charge is 0.383 e. The van der Waals surface area contributed by atoms with E-state index in [9.17, 15) is 27.6 Å². The van der Waals surface area contributed by atoms with E-state index in [0.717, 1.165) is 38.9 Å². The van der Waals surface area contributed by atoms with E-state index in [1.807, 2.05) is 6.07 Å². The predicted molar refractivity (Wildman–Crippen MR) is 119 cm³/mol. The number of nitrogen functional groups attached to an aromatic ring is 1. The Hall–Kier alpha value is -3.54. The van der Waals surface area contributed by atoms with Crippen molar-refractivity contribution in [3.05, 3.63) is 80.6 Å². The molecular weight excluding hydrogens is 459 g/mol. The maximum Gasteiger partial charge on any atom is 0.417 e. The average Bonchev–Trinajstić information content (AvgIpc) is 2.78. The fourth-order valence-corrected chi connectivity index (χ4v) is 3.79. The normalized spacial score (nSPS) is 11.4. The van der Waals surface area contributed by atoms with Gasteiger partial charge in [0.1, 0.15) is 5.82 Å². The van der Waals surface area contributed by atoms with Crippen LogP contribution in [-0.2, 0) is 17.5 Å². The number of H-pyrrole nitrogens is 1. The molecule has 0 atom stereocenters. The highest BCUT2D eigenvalue weighted by Gasteiger charge is 2.30. The van der Waals surface area contributed by atoms with E-state index in [1.165, 1.54) is 0 Å². The van der Waals surface area contributed by atoms with Crippen LogP contribution in [0.5, 0.6) is 0 Å². The van der Waals surface area contributed by atoms with Crippen molar-refractivity contribution in [2.75, 3.05) is 22.9 Å². The Labute approximate surface area is 190 Å². The zero-order valence-electron chi connectivity index (χ0n) is 17.4. The number of rotatable bonds is 7. The van der Waals surface area contributed by atoms with Crippen LogP contribution in [0, 0.1) is 0 Å². The third-order valence-corrected chi connectivity index (χ3v) is 5.62. The minimum absolute atomic E-state index is 0.0800. The highest BCUT2D eigenvalue weighted by atomic mass is 32.2. The summed E-state index contributed by atoms with van der Waals surface area (Å²) in [5.74, 6) is -0.894. The summed E-state index contributed by atoms with van der Waals surface area (Å²) in [4.78, 5) is 44.7. The summed E-state index contributed by atoms with van der Waals surface area (Å²) in [6.45, 7) is 1.80. The van der Waals surface area contributed by atoms with Gasteiger partial charge in [-0.15, -0.1) is 0 Å². The highest BCUT2D eigenvalue weighted by Crippen LogP contribution is 2.29. The molecule has 0 saturated carbocycles. The quantitative estimate of drug-likeness (QED) is 0.504. The lowest BCUT2D eigenvalue weighted by Crippen LogP contribution is -2.41. The van der Waals surface area contributed by atoms with Crippen molar-refractivity contribution < 1.29 is 18.0 Å². The first-order valence-corrected chi connectivity index (χ1v) is 10.7. The standard InChI is InChI=1S/C21H20F3N5O3S/c1-2-28(16(30)12-33-15-9-8-14(10-26-15)21(22,23)24)17-18(25)29(20(32)27-19(17)31)11-13-6-4-3-5-7-13/h3-10H,2,11-12,25H2,1H3,(H,27,31,32). The number of nitrogens with two attached hydrogens (primary N) is 1. The second-order valence-corrected chi connectivity index (χ2v) is 7.87. The molecule has 12 heteroatoms. The number of alkyl halides is 3. The van der Waals surface area contributed by atoms with Gasteiger partial charge in [-0.1, -0.05) is 42.1 Å². The molecule has 3 N–H and O–H groups in total. The van der Waals surface area contributed by atoms with Gasteiger partial charge in [0.25, 0.3) is 5.56 Å². The Bertz CT molecular complexity index is 1240. The summed E-state index contributed by atoms with van der Waals surface area (Å²) < 4.78 is 39.2. The van der Waals surface area contributed by atoms with Crippen LogP contribution in [0.4, 0.5) is 24.7 Å². The number of carbonyl (C=O) groups is 1. The minimum Gasteiger partial charge on any atom is -0.383 e. The lowest BCUT2D eigenvalue weighted by molar-refractivity contribution is -0.137. The number of hydrogen-bond acceptors (Lipinski definition) is 6. The van der Waals surface area contributed by atoms with Crippen molar-refractivity contribution in [1.29, 1.82) is 0 Å². The van der Waals surface area contributed by atoms with Gasteiger partial charge in [0.2, 0.25) is 5.91 Å². The molecule has 3 aromatic rings. The number of nitrogens with zero attached hydrogens (tertiary/aromatic N) is 3. The molecular formula is C21H20F3N5O3S. The molecule has 0 spiro atoms. The molecule has 0 aliphatic carbocycles. The number of hydrogen-bond donors (Lipinski definition) is 2. The largest absolute Gasteiger partial charge is 0.417 e. The van der Waals surface area contributed by atoms with Crippen LogP contribution in [-0.4, -0.2) is 32.7 Å². The second-order valence-electron chi connectivity index (χ2n) is 6.87. The first-order valence-electron chi connectivity index (χ1n) is 9.74. The number of benzene rings is 1. The zero-order valence-corrected chi connectivity index (χ0v) is 18.2. The van der Waals surface area contributed by atoms with E-state index in [1.54, 1.807) is 31.2 Å². The number of anilines is 2. The van der Waals surface area contributed by atoms with E-state index >= 15 is 0 Å². The molecule has 2 aromatic heterocycles. The average molecular weight is 479 g/mol. The van der Waals surface area contributed by atoms with Gasteiger partial charge in [-0.25, -0.2) is 9.78 Å². The number of aromatic amines is 1. The van der Waals surface area contributed by atoms with Crippen molar-refractivity contribution in [3.63, 3.8) is 0 Å². The highest BCUT2D eigenvalue weighted by molar-refractivity contribution is 7.99. The molecule has 174 valence electrons. The number of nitrogens with one attached hydrogen (secondary N) is 1. The molecule has 1 amide bonds. The number of amides is 1. The van der Waals surface area contributed by atoms with Gasteiger partial charge < -0.3 is 10.6 Å². The summed E-state index contributed by atoms with van der Waals surface area (Å²) in [6, 6.07) is 11.0. The van der Waals surface area contributed by atoms with Gasteiger partial charge in [0.05, 0.1) is 22.9 Å². The molecule has 0 aliphatic rings. The van der Waals surface area contributed by atoms with Crippen molar-refractivity contribution in [2.45, 2.75) is 24.7 Å². The van der Waals surface area contributed by atoms with E-state index in [0.29, 0.717) is 6.20 Å². The summed E-state index contributed by atoms with van der Waals surface area (Å²) in [7, 11) is 0. The van der Waals surface area contributed by atoms with E-state index in [-0.39, 0.29) is 35.4 Å². The van der Waals surface area contributed by atoms with Crippen LogP contribution < -0.4 is 21.9 Å². The SMILES string of the molecule is CCN(C(=O)CSc1ccc(C(F)(F)F)cn1)c1c(N)n(Cc2ccccc2)c(=O)[nH]c1=O. The third-order valence-electron chi connectivity index (χ3n) is 4.69. The van der Waals surface area contributed by atoms with Crippen LogP contribution in [0.1, 0.15) is 18.1 Å². The molecule has 0 unspecified atom stereocenters. The van der Waals surface area contributed by atoms with Crippen LogP contribution in [0.2, 0.25) is 0 Å². The van der Waals surface area contributed by atoms with Crippen molar-refractivity contribution >= 4 is 29.2 Å². The topological polar surface area (TPSA) is 114 Å². The molecule has 2 heterocycles. The Kier molecular flexibility index (Phi) is 7.26. The number of carbonyl (C=O) groups excluding carboxylic acids is 1. The lowest BCUT2D eigenvalue weighted by atomic mass is 10.2. The first-order chi connectivity index (χ1) is 15.6. The van der Waals surface area contributed by atoms with Gasteiger partial charge in [-0.05, 0) is 24.6 Å². The summed E-state index contributed by atoms with van der Waals surface area (Å²) in [5, 5.41) is 0.211. The Morgan fingerprint density at radius 3 is 2.45 bits per heavy atom. The van der Waals surface area contributed by atoms with E-state index < -0.39 is 28.9 Å². The summed E-state index contributed by atoms with van der Waals surface area (Å²) >= 11 is 0.917. The third kappa shape index (κ3) is 5.64. The monoisotopic (exact) mass is 479 g/mol. The van der Waals surface area contributed by atoms with Crippen molar-refractivity contribution in [2.24, 2.45) is 0 Å². The van der Waals surface area contributed by atoms with Crippen LogP contribution in [0.25, 0.3) is 0 Å². The number of aromatic nitrogens is 3. The van der Waals surface area contributed by atoms with Gasteiger partial charge in [-0.3, -0.25) is 19.1 Å². The molecule has 1 aromatic carbocycles.